The molecule has 0 unspecified atom stereocenters. The number of non-ortho nitro benzene ring substituents is 1. The smallest absolute Gasteiger partial charge is 0.410 e. The van der Waals surface area contributed by atoms with Crippen molar-refractivity contribution in [1.82, 2.24) is 9.80 Å². The fraction of sp³-hybridized carbons (Fsp3) is 0.611. The Kier molecular flexibility index (Phi) is 6.00. The second-order valence-corrected chi connectivity index (χ2v) is 7.53. The van der Waals surface area contributed by atoms with Gasteiger partial charge in [0.05, 0.1) is 4.92 Å². The molecule has 0 N–H and O–H groups in total. The molecule has 1 fully saturated rings. The van der Waals surface area contributed by atoms with Gasteiger partial charge < -0.3 is 9.64 Å². The van der Waals surface area contributed by atoms with Crippen molar-refractivity contribution in [2.24, 2.45) is 0 Å². The SMILES string of the molecule is CN(C(=O)OC(C)(C)C)C1CCN(Cc2cccc([N+](=O)[O-])c2)CC1. The number of hydrogen-bond acceptors (Lipinski definition) is 5. The lowest BCUT2D eigenvalue weighted by molar-refractivity contribution is -0.384. The van der Waals surface area contributed by atoms with Crippen LogP contribution in [-0.2, 0) is 11.3 Å². The molecule has 0 radical (unpaired) electrons. The Morgan fingerprint density at radius 1 is 1.36 bits per heavy atom. The molecule has 1 amide bonds. The first kappa shape index (κ1) is 19.2. The maximum Gasteiger partial charge on any atom is 0.410 e. The lowest BCUT2D eigenvalue weighted by Crippen LogP contribution is -2.46. The van der Waals surface area contributed by atoms with Crippen LogP contribution in [0.15, 0.2) is 24.3 Å². The second kappa shape index (κ2) is 7.82. The van der Waals surface area contributed by atoms with Crippen LogP contribution in [0.4, 0.5) is 10.5 Å². The van der Waals surface area contributed by atoms with Gasteiger partial charge >= 0.3 is 6.09 Å². The van der Waals surface area contributed by atoms with Gasteiger partial charge in [0.25, 0.3) is 5.69 Å². The second-order valence-electron chi connectivity index (χ2n) is 7.53. The molecule has 1 aromatic carbocycles. The van der Waals surface area contributed by atoms with Crippen LogP contribution >= 0.6 is 0 Å². The third-order valence-corrected chi connectivity index (χ3v) is 4.31. The molecule has 0 spiro atoms. The molecule has 0 aliphatic carbocycles. The standard InChI is InChI=1S/C18H27N3O4/c1-18(2,3)25-17(22)19(4)15-8-10-20(11-9-15)13-14-6-5-7-16(12-14)21(23)24/h5-7,12,15H,8-11,13H2,1-4H3. The van der Waals surface area contributed by atoms with E-state index in [1.165, 1.54) is 6.07 Å². The van der Waals surface area contributed by atoms with Crippen molar-refractivity contribution < 1.29 is 14.5 Å². The number of nitro benzene ring substituents is 1. The lowest BCUT2D eigenvalue weighted by atomic mass is 10.0. The van der Waals surface area contributed by atoms with Crippen molar-refractivity contribution in [3.8, 4) is 0 Å². The van der Waals surface area contributed by atoms with Crippen LogP contribution in [0.25, 0.3) is 0 Å². The predicted octanol–water partition coefficient (Wildman–Crippen LogP) is 3.43. The quantitative estimate of drug-likeness (QED) is 0.615. The van der Waals surface area contributed by atoms with Crippen molar-refractivity contribution in [3.63, 3.8) is 0 Å². The fourth-order valence-corrected chi connectivity index (χ4v) is 2.97. The largest absolute Gasteiger partial charge is 0.444 e. The Labute approximate surface area is 148 Å². The van der Waals surface area contributed by atoms with E-state index in [2.05, 4.69) is 4.90 Å². The third-order valence-electron chi connectivity index (χ3n) is 4.31. The summed E-state index contributed by atoms with van der Waals surface area (Å²) >= 11 is 0. The number of carbonyl (C=O) groups excluding carboxylic acids is 1. The minimum atomic E-state index is -0.492. The van der Waals surface area contributed by atoms with E-state index in [4.69, 9.17) is 4.74 Å². The van der Waals surface area contributed by atoms with E-state index >= 15 is 0 Å². The van der Waals surface area contributed by atoms with E-state index in [1.54, 1.807) is 24.1 Å². The van der Waals surface area contributed by atoms with Gasteiger partial charge in [-0.3, -0.25) is 15.0 Å². The highest BCUT2D eigenvalue weighted by Crippen LogP contribution is 2.21. The maximum atomic E-state index is 12.2. The number of likely N-dealkylation sites (tertiary alicyclic amines) is 1. The molecule has 1 aromatic rings. The summed E-state index contributed by atoms with van der Waals surface area (Å²) in [6.07, 6.45) is 1.44. The zero-order chi connectivity index (χ0) is 18.6. The number of nitrogens with zero attached hydrogens (tertiary/aromatic N) is 3. The number of hydrogen-bond donors (Lipinski definition) is 0. The fourth-order valence-electron chi connectivity index (χ4n) is 2.97. The molecular formula is C18H27N3O4. The maximum absolute atomic E-state index is 12.2. The lowest BCUT2D eigenvalue weighted by Gasteiger charge is -2.37. The van der Waals surface area contributed by atoms with Crippen LogP contribution in [-0.4, -0.2) is 52.6 Å². The monoisotopic (exact) mass is 349 g/mol. The average molecular weight is 349 g/mol. The summed E-state index contributed by atoms with van der Waals surface area (Å²) in [5.74, 6) is 0. The third kappa shape index (κ3) is 5.70. The van der Waals surface area contributed by atoms with Crippen molar-refractivity contribution in [1.29, 1.82) is 0 Å². The number of rotatable bonds is 4. The first-order valence-electron chi connectivity index (χ1n) is 8.57. The minimum Gasteiger partial charge on any atom is -0.444 e. The van der Waals surface area contributed by atoms with Gasteiger partial charge in [0.2, 0.25) is 0 Å². The van der Waals surface area contributed by atoms with Crippen molar-refractivity contribution in [2.75, 3.05) is 20.1 Å². The van der Waals surface area contributed by atoms with Gasteiger partial charge in [-0.05, 0) is 39.2 Å². The zero-order valence-corrected chi connectivity index (χ0v) is 15.4. The summed E-state index contributed by atoms with van der Waals surface area (Å²) < 4.78 is 5.42. The first-order valence-corrected chi connectivity index (χ1v) is 8.57. The number of benzene rings is 1. The van der Waals surface area contributed by atoms with Gasteiger partial charge in [-0.25, -0.2) is 4.79 Å². The van der Waals surface area contributed by atoms with Crippen LogP contribution < -0.4 is 0 Å². The molecule has 138 valence electrons. The molecule has 7 nitrogen and oxygen atoms in total. The van der Waals surface area contributed by atoms with Gasteiger partial charge in [0.1, 0.15) is 5.60 Å². The van der Waals surface area contributed by atoms with E-state index in [1.807, 2.05) is 26.8 Å². The Bertz CT molecular complexity index is 619. The summed E-state index contributed by atoms with van der Waals surface area (Å²) in [5.41, 5.74) is 0.568. The molecule has 1 aliphatic rings. The molecule has 0 saturated carbocycles. The van der Waals surface area contributed by atoms with Crippen LogP contribution in [0.5, 0.6) is 0 Å². The van der Waals surface area contributed by atoms with E-state index in [-0.39, 0.29) is 22.7 Å². The van der Waals surface area contributed by atoms with Gasteiger partial charge in [-0.15, -0.1) is 0 Å². The number of nitro groups is 1. The Morgan fingerprint density at radius 3 is 2.56 bits per heavy atom. The normalized spacial score (nSPS) is 16.5. The molecule has 0 aromatic heterocycles. The first-order chi connectivity index (χ1) is 11.7. The summed E-state index contributed by atoms with van der Waals surface area (Å²) in [5, 5.41) is 10.9. The minimum absolute atomic E-state index is 0.122. The molecule has 7 heteroatoms. The van der Waals surface area contributed by atoms with Crippen LogP contribution in [0.2, 0.25) is 0 Å². The van der Waals surface area contributed by atoms with Crippen LogP contribution in [0, 0.1) is 10.1 Å². The molecule has 1 saturated heterocycles. The van der Waals surface area contributed by atoms with E-state index < -0.39 is 5.60 Å². The Morgan fingerprint density at radius 2 is 2.00 bits per heavy atom. The van der Waals surface area contributed by atoms with E-state index in [9.17, 15) is 14.9 Å². The number of ether oxygens (including phenoxy) is 1. The van der Waals surface area contributed by atoms with E-state index in [0.29, 0.717) is 6.54 Å². The molecule has 25 heavy (non-hydrogen) atoms. The molecule has 1 aliphatic heterocycles. The molecule has 1 heterocycles. The molecule has 0 atom stereocenters. The van der Waals surface area contributed by atoms with E-state index in [0.717, 1.165) is 31.5 Å². The summed E-state index contributed by atoms with van der Waals surface area (Å²) in [6, 6.07) is 6.92. The van der Waals surface area contributed by atoms with Gasteiger partial charge in [0.15, 0.2) is 0 Å². The van der Waals surface area contributed by atoms with Crippen LogP contribution in [0.3, 0.4) is 0 Å². The highest BCUT2D eigenvalue weighted by molar-refractivity contribution is 5.68. The highest BCUT2D eigenvalue weighted by atomic mass is 16.6. The van der Waals surface area contributed by atoms with Crippen molar-refractivity contribution >= 4 is 11.8 Å². The number of amides is 1. The Balaban J connectivity index is 1.86. The van der Waals surface area contributed by atoms with Crippen LogP contribution in [0.1, 0.15) is 39.2 Å². The summed E-state index contributed by atoms with van der Waals surface area (Å²) in [6.45, 7) is 7.97. The predicted molar refractivity (Wildman–Crippen MR) is 95.4 cm³/mol. The summed E-state index contributed by atoms with van der Waals surface area (Å²) in [7, 11) is 1.79. The zero-order valence-electron chi connectivity index (χ0n) is 15.4. The summed E-state index contributed by atoms with van der Waals surface area (Å²) in [4.78, 5) is 26.6. The van der Waals surface area contributed by atoms with Gasteiger partial charge in [-0.1, -0.05) is 12.1 Å². The Hall–Kier alpha value is -2.15. The highest BCUT2D eigenvalue weighted by Gasteiger charge is 2.28. The topological polar surface area (TPSA) is 75.9 Å². The molecule has 2 rings (SSSR count). The average Bonchev–Trinajstić information content (AvgIpc) is 2.53. The van der Waals surface area contributed by atoms with Crippen molar-refractivity contribution in [3.05, 3.63) is 39.9 Å². The van der Waals surface area contributed by atoms with Gasteiger partial charge in [-0.2, -0.15) is 0 Å². The van der Waals surface area contributed by atoms with Gasteiger partial charge in [0, 0.05) is 44.9 Å². The molecular weight excluding hydrogens is 322 g/mol. The van der Waals surface area contributed by atoms with Crippen molar-refractivity contribution in [2.45, 2.75) is 51.8 Å². The number of piperidine rings is 1. The number of carbonyl (C=O) groups is 1. The molecule has 0 bridgehead atoms.